The highest BCUT2D eigenvalue weighted by Crippen LogP contribution is 2.32. The van der Waals surface area contributed by atoms with Gasteiger partial charge < -0.3 is 10.4 Å². The molecule has 4 heteroatoms. The van der Waals surface area contributed by atoms with Crippen LogP contribution in [0.15, 0.2) is 0 Å². The lowest BCUT2D eigenvalue weighted by atomic mass is 9.94. The molecule has 0 heterocycles. The Morgan fingerprint density at radius 2 is 1.89 bits per heavy atom. The molecule has 1 saturated carbocycles. The SMILES string of the molecule is CCC(C)CC(C)NC(=O)[C@@H]1CCC[C@@H]1C(=O)O. The molecule has 1 amide bonds. The van der Waals surface area contributed by atoms with E-state index in [1.165, 1.54) is 0 Å². The first-order valence-electron chi connectivity index (χ1n) is 6.98. The van der Waals surface area contributed by atoms with Crippen LogP contribution in [-0.2, 0) is 9.59 Å². The van der Waals surface area contributed by atoms with Gasteiger partial charge in [0.15, 0.2) is 0 Å². The van der Waals surface area contributed by atoms with Gasteiger partial charge in [0.1, 0.15) is 0 Å². The highest BCUT2D eigenvalue weighted by atomic mass is 16.4. The molecule has 2 unspecified atom stereocenters. The number of carbonyl (C=O) groups is 2. The van der Waals surface area contributed by atoms with Crippen LogP contribution in [-0.4, -0.2) is 23.0 Å². The maximum atomic E-state index is 12.1. The van der Waals surface area contributed by atoms with Gasteiger partial charge in [-0.2, -0.15) is 0 Å². The molecule has 0 radical (unpaired) electrons. The smallest absolute Gasteiger partial charge is 0.307 e. The van der Waals surface area contributed by atoms with E-state index in [1.807, 2.05) is 6.92 Å². The summed E-state index contributed by atoms with van der Waals surface area (Å²) < 4.78 is 0. The molecule has 18 heavy (non-hydrogen) atoms. The third-order valence-corrected chi connectivity index (χ3v) is 4.01. The van der Waals surface area contributed by atoms with Gasteiger partial charge in [0.2, 0.25) is 5.91 Å². The van der Waals surface area contributed by atoms with Crippen LogP contribution in [0.2, 0.25) is 0 Å². The zero-order valence-corrected chi connectivity index (χ0v) is 11.6. The summed E-state index contributed by atoms with van der Waals surface area (Å²) in [5.41, 5.74) is 0. The third kappa shape index (κ3) is 4.00. The molecule has 1 aliphatic carbocycles. The molecule has 0 aliphatic heterocycles. The van der Waals surface area contributed by atoms with E-state index in [-0.39, 0.29) is 17.9 Å². The van der Waals surface area contributed by atoms with Gasteiger partial charge in [0, 0.05) is 6.04 Å². The molecule has 4 nitrogen and oxygen atoms in total. The van der Waals surface area contributed by atoms with E-state index in [0.29, 0.717) is 18.8 Å². The zero-order chi connectivity index (χ0) is 13.7. The first-order chi connectivity index (χ1) is 8.45. The number of nitrogens with one attached hydrogen (secondary N) is 1. The van der Waals surface area contributed by atoms with Crippen LogP contribution in [0.1, 0.15) is 52.9 Å². The summed E-state index contributed by atoms with van der Waals surface area (Å²) in [4.78, 5) is 23.1. The summed E-state index contributed by atoms with van der Waals surface area (Å²) in [6.45, 7) is 6.30. The summed E-state index contributed by atoms with van der Waals surface area (Å²) in [6.07, 6.45) is 4.23. The number of hydrogen-bond acceptors (Lipinski definition) is 2. The lowest BCUT2D eigenvalue weighted by Gasteiger charge is -2.21. The van der Waals surface area contributed by atoms with E-state index in [0.717, 1.165) is 19.3 Å². The molecular weight excluding hydrogens is 230 g/mol. The Morgan fingerprint density at radius 1 is 1.28 bits per heavy atom. The molecule has 0 saturated heterocycles. The summed E-state index contributed by atoms with van der Waals surface area (Å²) in [7, 11) is 0. The van der Waals surface area contributed by atoms with Gasteiger partial charge >= 0.3 is 5.97 Å². The van der Waals surface area contributed by atoms with Crippen LogP contribution in [0, 0.1) is 17.8 Å². The van der Waals surface area contributed by atoms with Crippen LogP contribution < -0.4 is 5.32 Å². The lowest BCUT2D eigenvalue weighted by molar-refractivity contribution is -0.146. The monoisotopic (exact) mass is 255 g/mol. The fourth-order valence-corrected chi connectivity index (χ4v) is 2.75. The van der Waals surface area contributed by atoms with Crippen molar-refractivity contribution in [3.63, 3.8) is 0 Å². The van der Waals surface area contributed by atoms with Crippen molar-refractivity contribution >= 4 is 11.9 Å². The maximum absolute atomic E-state index is 12.1. The molecule has 0 bridgehead atoms. The van der Waals surface area contributed by atoms with Crippen molar-refractivity contribution in [3.05, 3.63) is 0 Å². The molecule has 0 aromatic rings. The third-order valence-electron chi connectivity index (χ3n) is 4.01. The van der Waals surface area contributed by atoms with E-state index in [9.17, 15) is 9.59 Å². The first kappa shape index (κ1) is 15.0. The quantitative estimate of drug-likeness (QED) is 0.766. The van der Waals surface area contributed by atoms with Crippen LogP contribution in [0.5, 0.6) is 0 Å². The fourth-order valence-electron chi connectivity index (χ4n) is 2.75. The topological polar surface area (TPSA) is 66.4 Å². The molecule has 1 aliphatic rings. The molecule has 0 aromatic carbocycles. The summed E-state index contributed by atoms with van der Waals surface area (Å²) in [5.74, 6) is -1.14. The van der Waals surface area contributed by atoms with Crippen molar-refractivity contribution < 1.29 is 14.7 Å². The highest BCUT2D eigenvalue weighted by molar-refractivity contribution is 5.85. The number of carbonyl (C=O) groups excluding carboxylic acids is 1. The summed E-state index contributed by atoms with van der Waals surface area (Å²) in [5, 5.41) is 12.0. The second kappa shape index (κ2) is 6.76. The maximum Gasteiger partial charge on any atom is 0.307 e. The number of rotatable bonds is 6. The number of amides is 1. The Hall–Kier alpha value is -1.06. The van der Waals surface area contributed by atoms with Gasteiger partial charge in [0.25, 0.3) is 0 Å². The van der Waals surface area contributed by atoms with Crippen LogP contribution >= 0.6 is 0 Å². The number of aliphatic carboxylic acids is 1. The minimum absolute atomic E-state index is 0.0734. The average Bonchev–Trinajstić information content (AvgIpc) is 2.77. The average molecular weight is 255 g/mol. The van der Waals surface area contributed by atoms with Crippen molar-refractivity contribution in [2.45, 2.75) is 58.9 Å². The number of carboxylic acid groups (broad SMARTS) is 1. The second-order valence-electron chi connectivity index (χ2n) is 5.64. The van der Waals surface area contributed by atoms with Crippen molar-refractivity contribution in [1.82, 2.24) is 5.32 Å². The van der Waals surface area contributed by atoms with E-state index in [4.69, 9.17) is 5.11 Å². The van der Waals surface area contributed by atoms with Crippen molar-refractivity contribution in [2.24, 2.45) is 17.8 Å². The predicted molar refractivity (Wildman–Crippen MR) is 70.1 cm³/mol. The normalized spacial score (nSPS) is 26.6. The zero-order valence-electron chi connectivity index (χ0n) is 11.6. The summed E-state index contributed by atoms with van der Waals surface area (Å²) >= 11 is 0. The molecule has 2 N–H and O–H groups in total. The van der Waals surface area contributed by atoms with Gasteiger partial charge in [-0.1, -0.05) is 26.7 Å². The fraction of sp³-hybridized carbons (Fsp3) is 0.857. The largest absolute Gasteiger partial charge is 0.481 e. The van der Waals surface area contributed by atoms with Crippen molar-refractivity contribution in [2.75, 3.05) is 0 Å². The predicted octanol–water partition coefficient (Wildman–Crippen LogP) is 2.43. The minimum Gasteiger partial charge on any atom is -0.481 e. The van der Waals surface area contributed by atoms with E-state index >= 15 is 0 Å². The Bertz CT molecular complexity index is 303. The standard InChI is InChI=1S/C14H25NO3/c1-4-9(2)8-10(3)15-13(16)11-6-5-7-12(11)14(17)18/h9-12H,4-8H2,1-3H3,(H,15,16)(H,17,18)/t9?,10?,11-,12+/m1/s1. The Balaban J connectivity index is 2.47. The molecular formula is C14H25NO3. The van der Waals surface area contributed by atoms with E-state index in [2.05, 4.69) is 19.2 Å². The molecule has 0 aromatic heterocycles. The number of carboxylic acids is 1. The van der Waals surface area contributed by atoms with Crippen LogP contribution in [0.3, 0.4) is 0 Å². The lowest BCUT2D eigenvalue weighted by Crippen LogP contribution is -2.40. The van der Waals surface area contributed by atoms with Crippen molar-refractivity contribution in [3.8, 4) is 0 Å². The first-order valence-corrected chi connectivity index (χ1v) is 6.98. The van der Waals surface area contributed by atoms with Gasteiger partial charge in [-0.05, 0) is 32.1 Å². The Kier molecular flexibility index (Phi) is 5.63. The Morgan fingerprint density at radius 3 is 2.44 bits per heavy atom. The van der Waals surface area contributed by atoms with Gasteiger partial charge in [-0.25, -0.2) is 0 Å². The molecule has 1 fully saturated rings. The van der Waals surface area contributed by atoms with Gasteiger partial charge in [-0.15, -0.1) is 0 Å². The molecule has 104 valence electrons. The van der Waals surface area contributed by atoms with E-state index < -0.39 is 11.9 Å². The van der Waals surface area contributed by atoms with Crippen LogP contribution in [0.25, 0.3) is 0 Å². The molecule has 1 rings (SSSR count). The van der Waals surface area contributed by atoms with Gasteiger partial charge in [-0.3, -0.25) is 9.59 Å². The van der Waals surface area contributed by atoms with E-state index in [1.54, 1.807) is 0 Å². The summed E-state index contributed by atoms with van der Waals surface area (Å²) in [6, 6.07) is 0.127. The van der Waals surface area contributed by atoms with Gasteiger partial charge in [0.05, 0.1) is 11.8 Å². The van der Waals surface area contributed by atoms with Crippen molar-refractivity contribution in [1.29, 1.82) is 0 Å². The minimum atomic E-state index is -0.831. The second-order valence-corrected chi connectivity index (χ2v) is 5.64. The van der Waals surface area contributed by atoms with Crippen LogP contribution in [0.4, 0.5) is 0 Å². The number of hydrogen-bond donors (Lipinski definition) is 2. The Labute approximate surface area is 109 Å². The molecule has 4 atom stereocenters. The molecule has 0 spiro atoms. The highest BCUT2D eigenvalue weighted by Gasteiger charge is 2.37.